The van der Waals surface area contributed by atoms with Gasteiger partial charge in [0, 0.05) is 19.6 Å². The number of rotatable bonds is 5. The summed E-state index contributed by atoms with van der Waals surface area (Å²) in [6.45, 7) is 6.40. The summed E-state index contributed by atoms with van der Waals surface area (Å²) in [7, 11) is 0. The maximum atomic E-state index is 12.7. The number of benzene rings is 1. The zero-order valence-corrected chi connectivity index (χ0v) is 14.7. The van der Waals surface area contributed by atoms with Crippen molar-refractivity contribution in [1.29, 1.82) is 0 Å². The van der Waals surface area contributed by atoms with Crippen LogP contribution in [0.2, 0.25) is 0 Å². The number of anilines is 2. The van der Waals surface area contributed by atoms with E-state index in [-0.39, 0.29) is 5.91 Å². The Morgan fingerprint density at radius 1 is 1.29 bits per heavy atom. The third-order valence-corrected chi connectivity index (χ3v) is 4.86. The first kappa shape index (κ1) is 16.8. The van der Waals surface area contributed by atoms with Gasteiger partial charge in [0.1, 0.15) is 10.6 Å². The third-order valence-electron chi connectivity index (χ3n) is 3.97. The molecule has 2 N–H and O–H groups in total. The van der Waals surface area contributed by atoms with Crippen LogP contribution in [0.4, 0.5) is 11.4 Å². The Bertz CT molecular complexity index is 678. The van der Waals surface area contributed by atoms with E-state index in [0.29, 0.717) is 17.2 Å². The summed E-state index contributed by atoms with van der Waals surface area (Å²) in [5.41, 5.74) is 1.92. The van der Waals surface area contributed by atoms with Crippen molar-refractivity contribution in [2.45, 2.75) is 13.3 Å². The minimum atomic E-state index is -0.117. The molecule has 1 aromatic heterocycles. The average molecular weight is 345 g/mol. The number of hydrogen-bond donors (Lipinski definition) is 2. The average Bonchev–Trinajstić information content (AvgIpc) is 2.89. The first-order valence-electron chi connectivity index (χ1n) is 8.36. The molecule has 1 aliphatic rings. The summed E-state index contributed by atoms with van der Waals surface area (Å²) >= 11 is 1.40. The minimum absolute atomic E-state index is 0.117. The number of nitrogens with one attached hydrogen (secondary N) is 2. The second-order valence-electron chi connectivity index (χ2n) is 5.61. The van der Waals surface area contributed by atoms with E-state index in [4.69, 9.17) is 4.74 Å². The fourth-order valence-electron chi connectivity index (χ4n) is 2.85. The molecule has 0 aliphatic carbocycles. The van der Waals surface area contributed by atoms with Gasteiger partial charge in [-0.15, -0.1) is 11.3 Å². The summed E-state index contributed by atoms with van der Waals surface area (Å²) < 4.78 is 5.53. The molecular weight excluding hydrogens is 322 g/mol. The highest BCUT2D eigenvalue weighted by atomic mass is 32.1. The second-order valence-corrected chi connectivity index (χ2v) is 6.52. The van der Waals surface area contributed by atoms with Gasteiger partial charge in [-0.3, -0.25) is 4.79 Å². The normalized spacial score (nSPS) is 15.0. The van der Waals surface area contributed by atoms with Crippen LogP contribution in [0.1, 0.15) is 23.0 Å². The summed E-state index contributed by atoms with van der Waals surface area (Å²) in [5.74, 6) is 0.533. The van der Waals surface area contributed by atoms with Crippen molar-refractivity contribution in [2.75, 3.05) is 43.0 Å². The van der Waals surface area contributed by atoms with Crippen LogP contribution in [0.3, 0.4) is 0 Å². The number of ether oxygens (including phenoxy) is 1. The first-order valence-corrected chi connectivity index (χ1v) is 9.24. The van der Waals surface area contributed by atoms with Crippen LogP contribution in [0, 0.1) is 0 Å². The Kier molecular flexibility index (Phi) is 5.72. The van der Waals surface area contributed by atoms with Crippen LogP contribution in [-0.4, -0.2) is 38.7 Å². The van der Waals surface area contributed by atoms with Crippen molar-refractivity contribution >= 4 is 28.6 Å². The predicted octanol–water partition coefficient (Wildman–Crippen LogP) is 3.20. The number of nitrogens with zero attached hydrogens (tertiary/aromatic N) is 1. The topological polar surface area (TPSA) is 53.6 Å². The molecule has 6 heteroatoms. The lowest BCUT2D eigenvalue weighted by Crippen LogP contribution is -2.29. The number of para-hydroxylation sites is 2. The van der Waals surface area contributed by atoms with Crippen molar-refractivity contribution in [1.82, 2.24) is 5.32 Å². The largest absolute Gasteiger partial charge is 0.492 e. The zero-order chi connectivity index (χ0) is 16.8. The number of carbonyl (C=O) groups is 1. The van der Waals surface area contributed by atoms with E-state index in [1.807, 2.05) is 36.6 Å². The van der Waals surface area contributed by atoms with Crippen LogP contribution >= 0.6 is 11.3 Å². The summed E-state index contributed by atoms with van der Waals surface area (Å²) in [4.78, 5) is 15.6. The molecule has 128 valence electrons. The van der Waals surface area contributed by atoms with Gasteiger partial charge in [0.05, 0.1) is 18.0 Å². The molecule has 3 rings (SSSR count). The maximum absolute atomic E-state index is 12.7. The Morgan fingerprint density at radius 2 is 2.17 bits per heavy atom. The fraction of sp³-hybridized carbons (Fsp3) is 0.389. The Balaban J connectivity index is 1.79. The maximum Gasteiger partial charge on any atom is 0.269 e. The lowest BCUT2D eigenvalue weighted by molar-refractivity contribution is 0.102. The molecule has 0 spiro atoms. The van der Waals surface area contributed by atoms with Crippen LogP contribution < -0.4 is 20.3 Å². The number of carbonyl (C=O) groups excluding carboxylic acids is 1. The summed E-state index contributed by atoms with van der Waals surface area (Å²) in [5, 5.41) is 8.35. The van der Waals surface area contributed by atoms with Gasteiger partial charge < -0.3 is 20.3 Å². The molecule has 0 saturated carbocycles. The zero-order valence-electron chi connectivity index (χ0n) is 13.9. The van der Waals surface area contributed by atoms with Gasteiger partial charge >= 0.3 is 0 Å². The van der Waals surface area contributed by atoms with E-state index in [0.717, 1.165) is 44.0 Å². The van der Waals surface area contributed by atoms with Crippen molar-refractivity contribution in [3.8, 4) is 5.75 Å². The second kappa shape index (κ2) is 8.17. The third kappa shape index (κ3) is 3.88. The van der Waals surface area contributed by atoms with E-state index >= 15 is 0 Å². The van der Waals surface area contributed by atoms with Crippen LogP contribution in [0.15, 0.2) is 35.7 Å². The van der Waals surface area contributed by atoms with E-state index in [1.165, 1.54) is 11.3 Å². The molecule has 0 radical (unpaired) electrons. The molecule has 1 saturated heterocycles. The Morgan fingerprint density at radius 3 is 3.04 bits per heavy atom. The minimum Gasteiger partial charge on any atom is -0.492 e. The molecule has 1 amide bonds. The number of thiophene rings is 1. The van der Waals surface area contributed by atoms with Crippen LogP contribution in [-0.2, 0) is 0 Å². The molecule has 0 unspecified atom stereocenters. The highest BCUT2D eigenvalue weighted by Gasteiger charge is 2.18. The summed E-state index contributed by atoms with van der Waals surface area (Å²) in [6, 6.07) is 9.83. The smallest absolute Gasteiger partial charge is 0.269 e. The predicted molar refractivity (Wildman–Crippen MR) is 99.6 cm³/mol. The SMILES string of the molecule is CCOc1ccsc1C(=O)Nc1ccccc1N1CCCNCC1. The molecule has 2 aromatic rings. The Hall–Kier alpha value is -2.05. The quantitative estimate of drug-likeness (QED) is 0.874. The first-order chi connectivity index (χ1) is 11.8. The molecular formula is C18H23N3O2S. The van der Waals surface area contributed by atoms with Crippen LogP contribution in [0.5, 0.6) is 5.75 Å². The van der Waals surface area contributed by atoms with Crippen molar-refractivity contribution in [3.63, 3.8) is 0 Å². The summed E-state index contributed by atoms with van der Waals surface area (Å²) in [6.07, 6.45) is 1.10. The molecule has 1 aromatic carbocycles. The molecule has 0 atom stereocenters. The number of hydrogen-bond acceptors (Lipinski definition) is 5. The van der Waals surface area contributed by atoms with Gasteiger partial charge in [-0.25, -0.2) is 0 Å². The lowest BCUT2D eigenvalue weighted by atomic mass is 10.2. The van der Waals surface area contributed by atoms with E-state index in [2.05, 4.69) is 21.6 Å². The molecule has 2 heterocycles. The molecule has 1 aliphatic heterocycles. The standard InChI is InChI=1S/C18H23N3O2S/c1-2-23-16-8-13-24-17(16)18(22)20-14-6-3-4-7-15(14)21-11-5-9-19-10-12-21/h3-4,6-8,13,19H,2,5,9-12H2,1H3,(H,20,22). The van der Waals surface area contributed by atoms with E-state index in [9.17, 15) is 4.79 Å². The van der Waals surface area contributed by atoms with Crippen molar-refractivity contribution in [2.24, 2.45) is 0 Å². The van der Waals surface area contributed by atoms with Gasteiger partial charge in [-0.1, -0.05) is 12.1 Å². The molecule has 5 nitrogen and oxygen atoms in total. The number of amides is 1. The highest BCUT2D eigenvalue weighted by Crippen LogP contribution is 2.30. The van der Waals surface area contributed by atoms with Crippen molar-refractivity contribution in [3.05, 3.63) is 40.6 Å². The highest BCUT2D eigenvalue weighted by molar-refractivity contribution is 7.12. The van der Waals surface area contributed by atoms with E-state index < -0.39 is 0 Å². The molecule has 1 fully saturated rings. The van der Waals surface area contributed by atoms with Gasteiger partial charge in [-0.2, -0.15) is 0 Å². The van der Waals surface area contributed by atoms with Crippen molar-refractivity contribution < 1.29 is 9.53 Å². The lowest BCUT2D eigenvalue weighted by Gasteiger charge is -2.25. The van der Waals surface area contributed by atoms with Gasteiger partial charge in [0.2, 0.25) is 0 Å². The molecule has 24 heavy (non-hydrogen) atoms. The monoisotopic (exact) mass is 345 g/mol. The molecule has 0 bridgehead atoms. The van der Waals surface area contributed by atoms with Crippen LogP contribution in [0.25, 0.3) is 0 Å². The van der Waals surface area contributed by atoms with Gasteiger partial charge in [-0.05, 0) is 43.5 Å². The fourth-order valence-corrected chi connectivity index (χ4v) is 3.58. The van der Waals surface area contributed by atoms with Gasteiger partial charge in [0.25, 0.3) is 5.91 Å². The van der Waals surface area contributed by atoms with E-state index in [1.54, 1.807) is 0 Å². The Labute approximate surface area is 146 Å². The van der Waals surface area contributed by atoms with Gasteiger partial charge in [0.15, 0.2) is 0 Å².